The number of benzene rings is 1. The Hall–Kier alpha value is -2.05. The standard InChI is InChI=1S/C21H26ClN3O2S/c1-2-3-4-7-20(26)23-16-8-9-18(17(22)15-16)24-10-12-25(13-11-24)21(27)19-6-5-14-28-19/h5-6,8-9,14-15H,2-4,7,10-13H2,1H3,(H,23,26). The molecule has 2 aromatic rings. The number of nitrogens with zero attached hydrogens (tertiary/aromatic N) is 2. The molecule has 1 N–H and O–H groups in total. The molecule has 5 nitrogen and oxygen atoms in total. The first-order valence-electron chi connectivity index (χ1n) is 9.75. The number of amides is 2. The minimum absolute atomic E-state index is 0.0259. The van der Waals surface area contributed by atoms with Gasteiger partial charge in [0.25, 0.3) is 5.91 Å². The number of piperazine rings is 1. The van der Waals surface area contributed by atoms with Crippen molar-refractivity contribution in [2.75, 3.05) is 36.4 Å². The van der Waals surface area contributed by atoms with Gasteiger partial charge in [-0.25, -0.2) is 0 Å². The Kier molecular flexibility index (Phi) is 7.34. The fraction of sp³-hybridized carbons (Fsp3) is 0.429. The summed E-state index contributed by atoms with van der Waals surface area (Å²) in [6, 6.07) is 9.41. The van der Waals surface area contributed by atoms with Gasteiger partial charge in [-0.05, 0) is 36.1 Å². The lowest BCUT2D eigenvalue weighted by atomic mass is 10.2. The van der Waals surface area contributed by atoms with Crippen LogP contribution in [0.15, 0.2) is 35.7 Å². The van der Waals surface area contributed by atoms with Crippen LogP contribution in [-0.2, 0) is 4.79 Å². The van der Waals surface area contributed by atoms with E-state index in [9.17, 15) is 9.59 Å². The summed E-state index contributed by atoms with van der Waals surface area (Å²) in [5.41, 5.74) is 1.66. The van der Waals surface area contributed by atoms with Gasteiger partial charge in [-0.3, -0.25) is 9.59 Å². The second-order valence-corrected chi connectivity index (χ2v) is 8.28. The predicted molar refractivity (Wildman–Crippen MR) is 117 cm³/mol. The van der Waals surface area contributed by atoms with E-state index in [1.807, 2.05) is 34.5 Å². The van der Waals surface area contributed by atoms with Crippen molar-refractivity contribution < 1.29 is 9.59 Å². The number of hydrogen-bond acceptors (Lipinski definition) is 4. The van der Waals surface area contributed by atoms with E-state index in [1.54, 1.807) is 6.07 Å². The molecule has 0 spiro atoms. The highest BCUT2D eigenvalue weighted by atomic mass is 35.5. The molecule has 0 unspecified atom stereocenters. The topological polar surface area (TPSA) is 52.7 Å². The Morgan fingerprint density at radius 1 is 1.14 bits per heavy atom. The van der Waals surface area contributed by atoms with Crippen LogP contribution in [-0.4, -0.2) is 42.9 Å². The number of halogens is 1. The fourth-order valence-corrected chi connectivity index (χ4v) is 4.30. The van der Waals surface area contributed by atoms with Gasteiger partial charge >= 0.3 is 0 Å². The average Bonchev–Trinajstić information content (AvgIpc) is 3.23. The molecular formula is C21H26ClN3O2S. The Labute approximate surface area is 175 Å². The van der Waals surface area contributed by atoms with Crippen molar-refractivity contribution in [3.63, 3.8) is 0 Å². The van der Waals surface area contributed by atoms with Crippen LogP contribution >= 0.6 is 22.9 Å². The summed E-state index contributed by atoms with van der Waals surface area (Å²) in [6.07, 6.45) is 3.60. The molecule has 0 bridgehead atoms. The molecule has 150 valence electrons. The summed E-state index contributed by atoms with van der Waals surface area (Å²) in [4.78, 5) is 29.3. The van der Waals surface area contributed by atoms with Gasteiger partial charge in [-0.1, -0.05) is 37.4 Å². The molecule has 0 atom stereocenters. The monoisotopic (exact) mass is 419 g/mol. The SMILES string of the molecule is CCCCCC(=O)Nc1ccc(N2CCN(C(=O)c3cccs3)CC2)c(Cl)c1. The van der Waals surface area contributed by atoms with E-state index >= 15 is 0 Å². The van der Waals surface area contributed by atoms with Crippen molar-refractivity contribution in [2.24, 2.45) is 0 Å². The van der Waals surface area contributed by atoms with Gasteiger partial charge in [-0.2, -0.15) is 0 Å². The Morgan fingerprint density at radius 3 is 2.57 bits per heavy atom. The molecule has 1 saturated heterocycles. The largest absolute Gasteiger partial charge is 0.367 e. The van der Waals surface area contributed by atoms with E-state index in [0.717, 1.165) is 48.6 Å². The van der Waals surface area contributed by atoms with Gasteiger partial charge < -0.3 is 15.1 Å². The van der Waals surface area contributed by atoms with E-state index < -0.39 is 0 Å². The normalized spacial score (nSPS) is 14.2. The molecule has 7 heteroatoms. The molecule has 2 amide bonds. The van der Waals surface area contributed by atoms with Crippen molar-refractivity contribution in [1.82, 2.24) is 4.90 Å². The maximum absolute atomic E-state index is 12.5. The van der Waals surface area contributed by atoms with Crippen molar-refractivity contribution in [3.8, 4) is 0 Å². The average molecular weight is 420 g/mol. The molecule has 1 aliphatic heterocycles. The van der Waals surface area contributed by atoms with Gasteiger partial charge in [0.15, 0.2) is 0 Å². The van der Waals surface area contributed by atoms with Gasteiger partial charge in [0.05, 0.1) is 15.6 Å². The molecule has 1 fully saturated rings. The van der Waals surface area contributed by atoms with Gasteiger partial charge in [0.2, 0.25) is 5.91 Å². The molecule has 0 saturated carbocycles. The third-order valence-electron chi connectivity index (χ3n) is 4.88. The van der Waals surface area contributed by atoms with E-state index in [0.29, 0.717) is 24.5 Å². The Morgan fingerprint density at radius 2 is 1.93 bits per heavy atom. The summed E-state index contributed by atoms with van der Waals surface area (Å²) in [6.45, 7) is 4.93. The van der Waals surface area contributed by atoms with E-state index in [4.69, 9.17) is 11.6 Å². The zero-order valence-corrected chi connectivity index (χ0v) is 17.7. The molecule has 1 aliphatic rings. The molecule has 3 rings (SSSR count). The van der Waals surface area contributed by atoms with Gasteiger partial charge in [-0.15, -0.1) is 11.3 Å². The predicted octanol–water partition coefficient (Wildman–Crippen LogP) is 4.88. The van der Waals surface area contributed by atoms with Crippen LogP contribution < -0.4 is 10.2 Å². The third-order valence-corrected chi connectivity index (χ3v) is 6.04. The minimum atomic E-state index is 0.0259. The highest BCUT2D eigenvalue weighted by Gasteiger charge is 2.23. The van der Waals surface area contributed by atoms with Crippen LogP contribution in [0.2, 0.25) is 5.02 Å². The zero-order chi connectivity index (χ0) is 19.9. The maximum atomic E-state index is 12.5. The lowest BCUT2D eigenvalue weighted by Crippen LogP contribution is -2.48. The van der Waals surface area contributed by atoms with Crippen molar-refractivity contribution in [3.05, 3.63) is 45.6 Å². The summed E-state index contributed by atoms with van der Waals surface area (Å²) >= 11 is 7.96. The van der Waals surface area contributed by atoms with Crippen LogP contribution in [0.1, 0.15) is 42.3 Å². The summed E-state index contributed by atoms with van der Waals surface area (Å²) in [5, 5.41) is 5.45. The molecule has 1 aromatic heterocycles. The number of carbonyl (C=O) groups excluding carboxylic acids is 2. The Bertz CT molecular complexity index is 802. The minimum Gasteiger partial charge on any atom is -0.367 e. The smallest absolute Gasteiger partial charge is 0.264 e. The summed E-state index contributed by atoms with van der Waals surface area (Å²) in [7, 11) is 0. The van der Waals surface area contributed by atoms with E-state index in [1.165, 1.54) is 11.3 Å². The third kappa shape index (κ3) is 5.26. The van der Waals surface area contributed by atoms with Gasteiger partial charge in [0.1, 0.15) is 0 Å². The molecule has 2 heterocycles. The molecule has 0 radical (unpaired) electrons. The van der Waals surface area contributed by atoms with Crippen LogP contribution in [0.25, 0.3) is 0 Å². The van der Waals surface area contributed by atoms with Crippen molar-refractivity contribution >= 4 is 46.1 Å². The molecule has 28 heavy (non-hydrogen) atoms. The number of unbranched alkanes of at least 4 members (excludes halogenated alkanes) is 2. The Balaban J connectivity index is 1.55. The highest BCUT2D eigenvalue weighted by molar-refractivity contribution is 7.12. The second-order valence-electron chi connectivity index (χ2n) is 6.93. The number of nitrogens with one attached hydrogen (secondary N) is 1. The van der Waals surface area contributed by atoms with Crippen LogP contribution in [0.4, 0.5) is 11.4 Å². The maximum Gasteiger partial charge on any atom is 0.264 e. The van der Waals surface area contributed by atoms with Crippen molar-refractivity contribution in [2.45, 2.75) is 32.6 Å². The van der Waals surface area contributed by atoms with Crippen LogP contribution in [0.5, 0.6) is 0 Å². The number of rotatable bonds is 7. The zero-order valence-electron chi connectivity index (χ0n) is 16.1. The second kappa shape index (κ2) is 9.94. The number of hydrogen-bond donors (Lipinski definition) is 1. The molecular weight excluding hydrogens is 394 g/mol. The van der Waals surface area contributed by atoms with E-state index in [2.05, 4.69) is 17.1 Å². The number of anilines is 2. The lowest BCUT2D eigenvalue weighted by molar-refractivity contribution is -0.116. The first-order chi connectivity index (χ1) is 13.6. The number of carbonyl (C=O) groups is 2. The first-order valence-corrected chi connectivity index (χ1v) is 11.0. The van der Waals surface area contributed by atoms with E-state index in [-0.39, 0.29) is 11.8 Å². The lowest BCUT2D eigenvalue weighted by Gasteiger charge is -2.36. The summed E-state index contributed by atoms with van der Waals surface area (Å²) in [5.74, 6) is 0.125. The van der Waals surface area contributed by atoms with Crippen LogP contribution in [0, 0.1) is 0 Å². The van der Waals surface area contributed by atoms with Crippen molar-refractivity contribution in [1.29, 1.82) is 0 Å². The summed E-state index contributed by atoms with van der Waals surface area (Å²) < 4.78 is 0. The molecule has 0 aliphatic carbocycles. The number of thiophene rings is 1. The van der Waals surface area contributed by atoms with Crippen LogP contribution in [0.3, 0.4) is 0 Å². The highest BCUT2D eigenvalue weighted by Crippen LogP contribution is 2.30. The fourth-order valence-electron chi connectivity index (χ4n) is 3.31. The van der Waals surface area contributed by atoms with Gasteiger partial charge in [0, 0.05) is 38.3 Å². The first kappa shape index (κ1) is 20.7. The molecule has 1 aromatic carbocycles. The quantitative estimate of drug-likeness (QED) is 0.650.